The van der Waals surface area contributed by atoms with Crippen LogP contribution in [0.5, 0.6) is 0 Å². The summed E-state index contributed by atoms with van der Waals surface area (Å²) in [6, 6.07) is 5.09. The summed E-state index contributed by atoms with van der Waals surface area (Å²) in [6.07, 6.45) is -1.44. The maximum Gasteiger partial charge on any atom is 0.252 e. The van der Waals surface area contributed by atoms with Crippen molar-refractivity contribution in [2.24, 2.45) is 0 Å². The van der Waals surface area contributed by atoms with Crippen LogP contribution >= 0.6 is 11.3 Å². The van der Waals surface area contributed by atoms with E-state index in [0.717, 1.165) is 21.9 Å². The standard InChI is InChI=1S/C15H15F2NO2S/c1-8-6-10(9(2)21-8)15(20)18-7-13(19)14-11(16)4-3-5-12(14)17/h3-6,13,19H,7H2,1-2H3,(H,18,20)/t13-/m0/s1. The van der Waals surface area contributed by atoms with Crippen molar-refractivity contribution in [3.8, 4) is 0 Å². The molecule has 0 aliphatic rings. The zero-order valence-corrected chi connectivity index (χ0v) is 12.4. The molecule has 0 aliphatic heterocycles. The predicted molar refractivity (Wildman–Crippen MR) is 77.4 cm³/mol. The van der Waals surface area contributed by atoms with Gasteiger partial charge >= 0.3 is 0 Å². The fraction of sp³-hybridized carbons (Fsp3) is 0.267. The lowest BCUT2D eigenvalue weighted by Gasteiger charge is -2.13. The Bertz CT molecular complexity index is 649. The molecule has 1 aromatic heterocycles. The SMILES string of the molecule is Cc1cc(C(=O)NC[C@H](O)c2c(F)cccc2F)c(C)s1. The number of rotatable bonds is 4. The van der Waals surface area contributed by atoms with Gasteiger partial charge in [-0.25, -0.2) is 8.78 Å². The number of aliphatic hydroxyl groups is 1. The maximum absolute atomic E-state index is 13.5. The number of amides is 1. The molecule has 0 spiro atoms. The smallest absolute Gasteiger partial charge is 0.252 e. The Balaban J connectivity index is 2.06. The van der Waals surface area contributed by atoms with Crippen molar-refractivity contribution in [2.45, 2.75) is 20.0 Å². The Morgan fingerprint density at radius 2 is 1.95 bits per heavy atom. The second-order valence-corrected chi connectivity index (χ2v) is 6.15. The third kappa shape index (κ3) is 3.46. The minimum Gasteiger partial charge on any atom is -0.386 e. The molecule has 0 unspecified atom stereocenters. The molecule has 0 saturated carbocycles. The quantitative estimate of drug-likeness (QED) is 0.911. The van der Waals surface area contributed by atoms with Crippen LogP contribution in [0.1, 0.15) is 31.8 Å². The molecule has 0 radical (unpaired) electrons. The second kappa shape index (κ2) is 6.32. The first kappa shape index (κ1) is 15.6. The van der Waals surface area contributed by atoms with Crippen LogP contribution in [0.3, 0.4) is 0 Å². The third-order valence-electron chi connectivity index (χ3n) is 3.07. The van der Waals surface area contributed by atoms with Crippen molar-refractivity contribution >= 4 is 17.2 Å². The first-order valence-electron chi connectivity index (χ1n) is 6.37. The van der Waals surface area contributed by atoms with Crippen LogP contribution < -0.4 is 5.32 Å². The summed E-state index contributed by atoms with van der Waals surface area (Å²) in [5.41, 5.74) is 0.0785. The normalized spacial score (nSPS) is 12.2. The lowest BCUT2D eigenvalue weighted by Crippen LogP contribution is -2.29. The average molecular weight is 311 g/mol. The van der Waals surface area contributed by atoms with Crippen molar-refractivity contribution in [2.75, 3.05) is 6.54 Å². The van der Waals surface area contributed by atoms with Crippen LogP contribution in [-0.2, 0) is 0 Å². The highest BCUT2D eigenvalue weighted by Crippen LogP contribution is 2.22. The molecule has 2 N–H and O–H groups in total. The minimum atomic E-state index is -1.44. The highest BCUT2D eigenvalue weighted by molar-refractivity contribution is 7.12. The summed E-state index contributed by atoms with van der Waals surface area (Å²) in [5, 5.41) is 12.4. The number of carbonyl (C=O) groups excluding carboxylic acids is 1. The van der Waals surface area contributed by atoms with Gasteiger partial charge in [-0.3, -0.25) is 4.79 Å². The molecule has 0 fully saturated rings. The summed E-state index contributed by atoms with van der Waals surface area (Å²) in [5.74, 6) is -2.04. The van der Waals surface area contributed by atoms with Crippen LogP contribution in [0.15, 0.2) is 24.3 Å². The van der Waals surface area contributed by atoms with Crippen LogP contribution in [0.2, 0.25) is 0 Å². The van der Waals surface area contributed by atoms with E-state index in [-0.39, 0.29) is 12.5 Å². The Morgan fingerprint density at radius 1 is 1.33 bits per heavy atom. The van der Waals surface area contributed by atoms with E-state index in [9.17, 15) is 18.7 Å². The molecule has 0 saturated heterocycles. The number of benzene rings is 1. The van der Waals surface area contributed by atoms with Gasteiger partial charge in [0.05, 0.1) is 11.1 Å². The fourth-order valence-corrected chi connectivity index (χ4v) is 2.99. The van der Waals surface area contributed by atoms with Gasteiger partial charge in [-0.05, 0) is 32.0 Å². The van der Waals surface area contributed by atoms with E-state index in [1.165, 1.54) is 17.4 Å². The summed E-state index contributed by atoms with van der Waals surface area (Å²) in [7, 11) is 0. The highest BCUT2D eigenvalue weighted by Gasteiger charge is 2.19. The van der Waals surface area contributed by atoms with Gasteiger partial charge in [0.1, 0.15) is 17.7 Å². The molecule has 3 nitrogen and oxygen atoms in total. The van der Waals surface area contributed by atoms with E-state index < -0.39 is 23.3 Å². The summed E-state index contributed by atoms with van der Waals surface area (Å²) in [6.45, 7) is 3.45. The minimum absolute atomic E-state index is 0.259. The first-order chi connectivity index (χ1) is 9.90. The van der Waals surface area contributed by atoms with Crippen molar-refractivity contribution in [3.63, 3.8) is 0 Å². The van der Waals surface area contributed by atoms with Crippen LogP contribution in [0.25, 0.3) is 0 Å². The number of aliphatic hydroxyl groups excluding tert-OH is 1. The zero-order valence-electron chi connectivity index (χ0n) is 11.6. The summed E-state index contributed by atoms with van der Waals surface area (Å²) in [4.78, 5) is 13.8. The Hall–Kier alpha value is -1.79. The Morgan fingerprint density at radius 3 is 2.48 bits per heavy atom. The van der Waals surface area contributed by atoms with E-state index in [2.05, 4.69) is 5.32 Å². The van der Waals surface area contributed by atoms with Gasteiger partial charge in [-0.1, -0.05) is 6.07 Å². The molecule has 6 heteroatoms. The summed E-state index contributed by atoms with van der Waals surface area (Å²) >= 11 is 1.49. The molecule has 1 aromatic carbocycles. The molecular formula is C15H15F2NO2S. The number of thiophene rings is 1. The largest absolute Gasteiger partial charge is 0.386 e. The second-order valence-electron chi connectivity index (χ2n) is 4.69. The topological polar surface area (TPSA) is 49.3 Å². The number of hydrogen-bond donors (Lipinski definition) is 2. The Kier molecular flexibility index (Phi) is 4.69. The first-order valence-corrected chi connectivity index (χ1v) is 7.19. The zero-order chi connectivity index (χ0) is 15.6. The van der Waals surface area contributed by atoms with Gasteiger partial charge in [0.15, 0.2) is 0 Å². The van der Waals surface area contributed by atoms with Gasteiger partial charge in [0.2, 0.25) is 0 Å². The van der Waals surface area contributed by atoms with Gasteiger partial charge in [-0.2, -0.15) is 0 Å². The molecule has 2 aromatic rings. The van der Waals surface area contributed by atoms with Gasteiger partial charge in [0.25, 0.3) is 5.91 Å². The van der Waals surface area contributed by atoms with Crippen molar-refractivity contribution in [1.29, 1.82) is 0 Å². The molecule has 2 rings (SSSR count). The van der Waals surface area contributed by atoms with Crippen LogP contribution in [0.4, 0.5) is 8.78 Å². The predicted octanol–water partition coefficient (Wildman–Crippen LogP) is 3.11. The molecule has 1 heterocycles. The fourth-order valence-electron chi connectivity index (χ4n) is 2.07. The Labute approximate surface area is 125 Å². The number of carbonyl (C=O) groups is 1. The highest BCUT2D eigenvalue weighted by atomic mass is 32.1. The molecule has 1 atom stereocenters. The van der Waals surface area contributed by atoms with Crippen LogP contribution in [-0.4, -0.2) is 17.6 Å². The molecule has 1 amide bonds. The van der Waals surface area contributed by atoms with Crippen LogP contribution in [0, 0.1) is 25.5 Å². The lowest BCUT2D eigenvalue weighted by atomic mass is 10.1. The molecule has 0 aliphatic carbocycles. The number of hydrogen-bond acceptors (Lipinski definition) is 3. The van der Waals surface area contributed by atoms with Gasteiger partial charge < -0.3 is 10.4 Å². The van der Waals surface area contributed by atoms with Gasteiger partial charge in [0, 0.05) is 16.3 Å². The van der Waals surface area contributed by atoms with E-state index in [4.69, 9.17) is 0 Å². The third-order valence-corrected chi connectivity index (χ3v) is 4.04. The van der Waals surface area contributed by atoms with Gasteiger partial charge in [-0.15, -0.1) is 11.3 Å². The van der Waals surface area contributed by atoms with Crippen molar-refractivity contribution in [3.05, 3.63) is 56.8 Å². The number of aryl methyl sites for hydroxylation is 2. The molecule has 0 bridgehead atoms. The van der Waals surface area contributed by atoms with E-state index in [0.29, 0.717) is 5.56 Å². The van der Waals surface area contributed by atoms with E-state index in [1.54, 1.807) is 6.07 Å². The lowest BCUT2D eigenvalue weighted by molar-refractivity contribution is 0.0911. The van der Waals surface area contributed by atoms with Crippen molar-refractivity contribution in [1.82, 2.24) is 5.32 Å². The van der Waals surface area contributed by atoms with Crippen molar-refractivity contribution < 1.29 is 18.7 Å². The number of halogens is 2. The molecule has 21 heavy (non-hydrogen) atoms. The maximum atomic E-state index is 13.5. The average Bonchev–Trinajstić information content (AvgIpc) is 2.75. The monoisotopic (exact) mass is 311 g/mol. The number of nitrogens with one attached hydrogen (secondary N) is 1. The molecular weight excluding hydrogens is 296 g/mol. The molecule has 112 valence electrons. The van der Waals surface area contributed by atoms with E-state index >= 15 is 0 Å². The summed E-state index contributed by atoms with van der Waals surface area (Å²) < 4.78 is 27.0. The van der Waals surface area contributed by atoms with E-state index in [1.807, 2.05) is 13.8 Å².